The molecule has 0 heterocycles. The van der Waals surface area contributed by atoms with Crippen LogP contribution in [0.15, 0.2) is 47.4 Å². The number of rotatable bonds is 5. The van der Waals surface area contributed by atoms with Gasteiger partial charge in [-0.1, -0.05) is 44.9 Å². The number of nitrogens with one attached hydrogen (secondary N) is 2. The van der Waals surface area contributed by atoms with Crippen LogP contribution < -0.4 is 10.0 Å². The fourth-order valence-electron chi connectivity index (χ4n) is 2.52. The monoisotopic (exact) mass is 384 g/mol. The predicted octanol–water partition coefficient (Wildman–Crippen LogP) is 3.46. The number of sulfonamides is 1. The molecule has 0 radical (unpaired) electrons. The minimum absolute atomic E-state index is 0.105. The minimum Gasteiger partial charge on any atom is -0.341 e. The molecule has 142 valence electrons. The Hall–Kier alpha value is -2.78. The van der Waals surface area contributed by atoms with Crippen LogP contribution in [0.2, 0.25) is 0 Å². The highest BCUT2D eigenvalue weighted by molar-refractivity contribution is 7.92. The van der Waals surface area contributed by atoms with Crippen molar-refractivity contribution in [2.45, 2.75) is 38.0 Å². The number of benzene rings is 2. The number of aryl methyl sites for hydroxylation is 1. The molecular weight excluding hydrogens is 360 g/mol. The van der Waals surface area contributed by atoms with Crippen LogP contribution in [0.25, 0.3) is 0 Å². The Morgan fingerprint density at radius 2 is 1.85 bits per heavy atom. The van der Waals surface area contributed by atoms with Crippen molar-refractivity contribution in [1.29, 1.82) is 0 Å². The van der Waals surface area contributed by atoms with Crippen LogP contribution >= 0.6 is 0 Å². The van der Waals surface area contributed by atoms with Crippen LogP contribution in [-0.2, 0) is 15.4 Å². The van der Waals surface area contributed by atoms with Gasteiger partial charge in [-0.05, 0) is 47.7 Å². The Labute approximate surface area is 161 Å². The molecule has 0 saturated heterocycles. The molecule has 1 amide bonds. The van der Waals surface area contributed by atoms with Crippen LogP contribution in [0.5, 0.6) is 0 Å². The summed E-state index contributed by atoms with van der Waals surface area (Å²) >= 11 is 0. The number of carbonyl (C=O) groups is 1. The van der Waals surface area contributed by atoms with E-state index in [4.69, 9.17) is 6.42 Å². The van der Waals surface area contributed by atoms with Crippen molar-refractivity contribution in [2.24, 2.45) is 0 Å². The van der Waals surface area contributed by atoms with Gasteiger partial charge in [-0.2, -0.15) is 0 Å². The van der Waals surface area contributed by atoms with Crippen molar-refractivity contribution in [3.63, 3.8) is 0 Å². The van der Waals surface area contributed by atoms with E-state index in [2.05, 4.69) is 16.0 Å². The van der Waals surface area contributed by atoms with Gasteiger partial charge >= 0.3 is 0 Å². The molecule has 5 nitrogen and oxygen atoms in total. The largest absolute Gasteiger partial charge is 0.341 e. The highest BCUT2D eigenvalue weighted by atomic mass is 32.2. The summed E-state index contributed by atoms with van der Waals surface area (Å²) in [5.41, 5.74) is 2.04. The van der Waals surface area contributed by atoms with Crippen molar-refractivity contribution in [3.8, 4) is 12.3 Å². The molecule has 0 saturated carbocycles. The third-order valence-corrected chi connectivity index (χ3v) is 5.59. The van der Waals surface area contributed by atoms with E-state index in [0.717, 1.165) is 5.56 Å². The molecule has 0 fully saturated rings. The second kappa shape index (κ2) is 7.85. The van der Waals surface area contributed by atoms with Gasteiger partial charge in [-0.15, -0.1) is 6.42 Å². The molecule has 2 rings (SSSR count). The second-order valence-electron chi connectivity index (χ2n) is 7.30. The zero-order valence-corrected chi connectivity index (χ0v) is 16.8. The minimum atomic E-state index is -3.80. The van der Waals surface area contributed by atoms with Gasteiger partial charge in [0.25, 0.3) is 15.9 Å². The Balaban J connectivity index is 2.35. The average Bonchev–Trinajstić information content (AvgIpc) is 2.58. The highest BCUT2D eigenvalue weighted by Crippen LogP contribution is 2.28. The van der Waals surface area contributed by atoms with Gasteiger partial charge in [-0.3, -0.25) is 9.52 Å². The zero-order chi connectivity index (χ0) is 20.2. The zero-order valence-electron chi connectivity index (χ0n) is 16.0. The summed E-state index contributed by atoms with van der Waals surface area (Å²) in [6, 6.07) is 11.7. The summed E-state index contributed by atoms with van der Waals surface area (Å²) in [5, 5.41) is 2.55. The third-order valence-electron chi connectivity index (χ3n) is 4.07. The fourth-order valence-corrected chi connectivity index (χ4v) is 3.84. The van der Waals surface area contributed by atoms with E-state index >= 15 is 0 Å². The molecule has 0 atom stereocenters. The molecule has 0 aliphatic rings. The lowest BCUT2D eigenvalue weighted by Crippen LogP contribution is -2.23. The lowest BCUT2D eigenvalue weighted by Gasteiger charge is -2.21. The number of carbonyl (C=O) groups excluding carboxylic acids is 1. The molecule has 0 aliphatic carbocycles. The summed E-state index contributed by atoms with van der Waals surface area (Å²) in [6.45, 7) is 7.94. The maximum atomic E-state index is 12.9. The van der Waals surface area contributed by atoms with Crippen LogP contribution in [0, 0.1) is 19.3 Å². The van der Waals surface area contributed by atoms with E-state index in [1.54, 1.807) is 37.3 Å². The molecule has 0 spiro atoms. The normalized spacial score (nSPS) is 11.5. The molecule has 2 aromatic rings. The predicted molar refractivity (Wildman–Crippen MR) is 108 cm³/mol. The Bertz CT molecular complexity index is 997. The van der Waals surface area contributed by atoms with E-state index in [1.807, 2.05) is 26.8 Å². The fraction of sp³-hybridized carbons (Fsp3) is 0.286. The first-order valence-corrected chi connectivity index (χ1v) is 9.98. The van der Waals surface area contributed by atoms with Crippen molar-refractivity contribution in [2.75, 3.05) is 11.3 Å². The number of hydrogen-bond acceptors (Lipinski definition) is 3. The molecule has 6 heteroatoms. The number of anilines is 1. The molecule has 0 aromatic heterocycles. The number of hydrogen-bond donors (Lipinski definition) is 2. The first-order chi connectivity index (χ1) is 12.5. The molecule has 0 bridgehead atoms. The first-order valence-electron chi connectivity index (χ1n) is 8.50. The van der Waals surface area contributed by atoms with Crippen LogP contribution in [0.1, 0.15) is 42.3 Å². The highest BCUT2D eigenvalue weighted by Gasteiger charge is 2.22. The summed E-state index contributed by atoms with van der Waals surface area (Å²) in [5.74, 6) is 1.96. The topological polar surface area (TPSA) is 75.3 Å². The summed E-state index contributed by atoms with van der Waals surface area (Å²) in [4.78, 5) is 12.2. The van der Waals surface area contributed by atoms with Gasteiger partial charge in [0, 0.05) is 11.3 Å². The van der Waals surface area contributed by atoms with Gasteiger partial charge in [0.1, 0.15) is 0 Å². The molecule has 27 heavy (non-hydrogen) atoms. The Kier molecular flexibility index (Phi) is 5.97. The smallest absolute Gasteiger partial charge is 0.262 e. The number of terminal acetylenes is 1. The summed E-state index contributed by atoms with van der Waals surface area (Å²) in [7, 11) is -3.80. The van der Waals surface area contributed by atoms with E-state index in [0.29, 0.717) is 16.8 Å². The third kappa shape index (κ3) is 5.11. The van der Waals surface area contributed by atoms with Crippen molar-refractivity contribution >= 4 is 21.6 Å². The molecule has 0 aliphatic heterocycles. The summed E-state index contributed by atoms with van der Waals surface area (Å²) < 4.78 is 28.4. The van der Waals surface area contributed by atoms with Gasteiger partial charge in [0.05, 0.1) is 11.4 Å². The quantitative estimate of drug-likeness (QED) is 0.775. The SMILES string of the molecule is C#CCNC(=O)c1cccc(NS(=O)(=O)c2cc(C(C)(C)C)ccc2C)c1. The molecule has 2 aromatic carbocycles. The lowest BCUT2D eigenvalue weighted by atomic mass is 9.87. The van der Waals surface area contributed by atoms with E-state index in [1.165, 1.54) is 6.07 Å². The average molecular weight is 385 g/mol. The van der Waals surface area contributed by atoms with Crippen molar-refractivity contribution in [3.05, 3.63) is 59.2 Å². The maximum Gasteiger partial charge on any atom is 0.262 e. The van der Waals surface area contributed by atoms with E-state index in [9.17, 15) is 13.2 Å². The van der Waals surface area contributed by atoms with Crippen molar-refractivity contribution in [1.82, 2.24) is 5.32 Å². The standard InChI is InChI=1S/C21H24N2O3S/c1-6-12-22-20(24)16-8-7-9-18(13-16)23-27(25,26)19-14-17(21(3,4)5)11-10-15(19)2/h1,7-11,13-14,23H,12H2,2-5H3,(H,22,24). The van der Waals surface area contributed by atoms with Gasteiger partial charge < -0.3 is 5.32 Å². The number of amides is 1. The van der Waals surface area contributed by atoms with Crippen LogP contribution in [0.4, 0.5) is 5.69 Å². The molecule has 0 unspecified atom stereocenters. The van der Waals surface area contributed by atoms with Gasteiger partial charge in [-0.25, -0.2) is 8.42 Å². The van der Waals surface area contributed by atoms with Gasteiger partial charge in [0.2, 0.25) is 0 Å². The van der Waals surface area contributed by atoms with Gasteiger partial charge in [0.15, 0.2) is 0 Å². The Morgan fingerprint density at radius 1 is 1.15 bits per heavy atom. The van der Waals surface area contributed by atoms with Crippen LogP contribution in [0.3, 0.4) is 0 Å². The van der Waals surface area contributed by atoms with E-state index in [-0.39, 0.29) is 22.8 Å². The van der Waals surface area contributed by atoms with Crippen LogP contribution in [-0.4, -0.2) is 20.9 Å². The maximum absolute atomic E-state index is 12.9. The summed E-state index contributed by atoms with van der Waals surface area (Å²) in [6.07, 6.45) is 5.13. The molecular formula is C21H24N2O3S. The molecule has 2 N–H and O–H groups in total. The van der Waals surface area contributed by atoms with E-state index < -0.39 is 10.0 Å². The first kappa shape index (κ1) is 20.5. The van der Waals surface area contributed by atoms with Crippen molar-refractivity contribution < 1.29 is 13.2 Å². The Morgan fingerprint density at radius 3 is 2.48 bits per heavy atom. The lowest BCUT2D eigenvalue weighted by molar-refractivity contribution is 0.0958. The second-order valence-corrected chi connectivity index (χ2v) is 8.95.